The highest BCUT2D eigenvalue weighted by Gasteiger charge is 2.15. The molecule has 1 aromatic heterocycles. The molecule has 0 amide bonds. The Morgan fingerprint density at radius 1 is 0.886 bits per heavy atom. The molecule has 0 saturated carbocycles. The van der Waals surface area contributed by atoms with Crippen LogP contribution in [0, 0.1) is 11.7 Å². The van der Waals surface area contributed by atoms with Crippen molar-refractivity contribution in [1.82, 2.24) is 4.98 Å². The molecule has 0 spiro atoms. The molecule has 0 aliphatic heterocycles. The highest BCUT2D eigenvalue weighted by molar-refractivity contribution is 9.10. The van der Waals surface area contributed by atoms with Gasteiger partial charge in [-0.05, 0) is 70.6 Å². The van der Waals surface area contributed by atoms with Crippen LogP contribution in [0.15, 0.2) is 95.8 Å². The first-order valence-electron chi connectivity index (χ1n) is 11.8. The Hall–Kier alpha value is -2.92. The number of aromatic nitrogens is 1. The number of nitrogens with zero attached hydrogens (tertiary/aromatic N) is 1. The van der Waals surface area contributed by atoms with Crippen LogP contribution in [-0.4, -0.2) is 4.98 Å². The smallest absolute Gasteiger partial charge is 0.208 e. The summed E-state index contributed by atoms with van der Waals surface area (Å²) in [5.74, 6) is 0.610. The van der Waals surface area contributed by atoms with Gasteiger partial charge in [-0.3, -0.25) is 4.98 Å². The van der Waals surface area contributed by atoms with E-state index >= 15 is 0 Å². The molecule has 0 radical (unpaired) electrons. The molecule has 3 nitrogen and oxygen atoms in total. The zero-order valence-electron chi connectivity index (χ0n) is 21.4. The van der Waals surface area contributed by atoms with Crippen molar-refractivity contribution >= 4 is 15.9 Å². The second kappa shape index (κ2) is 18.4. The van der Waals surface area contributed by atoms with Crippen molar-refractivity contribution < 1.29 is 13.9 Å². The van der Waals surface area contributed by atoms with Gasteiger partial charge in [0.15, 0.2) is 11.5 Å². The maximum absolute atomic E-state index is 14.6. The van der Waals surface area contributed by atoms with Gasteiger partial charge in [0.25, 0.3) is 0 Å². The third kappa shape index (κ3) is 13.5. The summed E-state index contributed by atoms with van der Waals surface area (Å²) in [6, 6.07) is 16.6. The van der Waals surface area contributed by atoms with Gasteiger partial charge in [-0.2, -0.15) is 4.39 Å². The van der Waals surface area contributed by atoms with Gasteiger partial charge in [0.05, 0.1) is 4.47 Å². The molecule has 0 aliphatic carbocycles. The summed E-state index contributed by atoms with van der Waals surface area (Å²) in [7, 11) is 0. The van der Waals surface area contributed by atoms with E-state index in [-0.39, 0.29) is 18.1 Å². The number of ether oxygens (including phenoxy) is 2. The lowest BCUT2D eigenvalue weighted by Crippen LogP contribution is -2.02. The van der Waals surface area contributed by atoms with Gasteiger partial charge in [0.2, 0.25) is 5.82 Å². The minimum atomic E-state index is -0.519. The molecule has 35 heavy (non-hydrogen) atoms. The first kappa shape index (κ1) is 30.1. The molecule has 188 valence electrons. The lowest BCUT2D eigenvalue weighted by atomic mass is 10.2. The van der Waals surface area contributed by atoms with Crippen LogP contribution in [0.3, 0.4) is 0 Å². The molecule has 2 aromatic carbocycles. The standard InChI is InChI=1S/C19H15BrFNO2.C7H12.C4H10/c20-16-6-7-17(23-12-14-4-2-1-3-5-14)18(21)19(16)24-13-15-8-10-22-11-9-15;1-3-5-7-6-4-2;1-4(2)3/h1-11H,12-13H2;3,5-7H,4H2,1-2H3;4H,1-3H3/b;5-3-,7-6-;. The highest BCUT2D eigenvalue weighted by Crippen LogP contribution is 2.35. The molecule has 0 fully saturated rings. The Labute approximate surface area is 218 Å². The van der Waals surface area contributed by atoms with Gasteiger partial charge in [0.1, 0.15) is 13.2 Å². The molecule has 5 heteroatoms. The number of halogens is 2. The summed E-state index contributed by atoms with van der Waals surface area (Å²) in [4.78, 5) is 3.94. The molecule has 0 aliphatic rings. The molecule has 0 atom stereocenters. The van der Waals surface area contributed by atoms with Crippen LogP contribution in [0.5, 0.6) is 11.5 Å². The minimum Gasteiger partial charge on any atom is -0.486 e. The summed E-state index contributed by atoms with van der Waals surface area (Å²) in [5.41, 5.74) is 1.88. The Kier molecular flexibility index (Phi) is 15.8. The van der Waals surface area contributed by atoms with Crippen molar-refractivity contribution in [2.45, 2.75) is 54.3 Å². The molecule has 0 saturated heterocycles. The average molecular weight is 543 g/mol. The average Bonchev–Trinajstić information content (AvgIpc) is 2.85. The number of allylic oxidation sites excluding steroid dienone is 4. The van der Waals surface area contributed by atoms with E-state index in [9.17, 15) is 4.39 Å². The fourth-order valence-electron chi connectivity index (χ4n) is 2.45. The molecule has 0 bridgehead atoms. The maximum Gasteiger partial charge on any atom is 0.208 e. The summed E-state index contributed by atoms with van der Waals surface area (Å²) in [6.07, 6.45) is 12.7. The van der Waals surface area contributed by atoms with Gasteiger partial charge in [-0.15, -0.1) is 0 Å². The van der Waals surface area contributed by atoms with Crippen molar-refractivity contribution in [2.75, 3.05) is 0 Å². The quantitative estimate of drug-likeness (QED) is 0.266. The van der Waals surface area contributed by atoms with Crippen LogP contribution in [0.4, 0.5) is 4.39 Å². The zero-order chi connectivity index (χ0) is 25.9. The molecule has 0 unspecified atom stereocenters. The fraction of sp³-hybridized carbons (Fsp3) is 0.300. The largest absolute Gasteiger partial charge is 0.486 e. The van der Waals surface area contributed by atoms with Gasteiger partial charge >= 0.3 is 0 Å². The lowest BCUT2D eigenvalue weighted by Gasteiger charge is -2.13. The van der Waals surface area contributed by atoms with E-state index in [4.69, 9.17) is 9.47 Å². The van der Waals surface area contributed by atoms with Crippen molar-refractivity contribution in [2.24, 2.45) is 5.92 Å². The van der Waals surface area contributed by atoms with Crippen LogP contribution in [0.25, 0.3) is 0 Å². The second-order valence-corrected chi connectivity index (χ2v) is 9.06. The molecular weight excluding hydrogens is 505 g/mol. The highest BCUT2D eigenvalue weighted by atomic mass is 79.9. The van der Waals surface area contributed by atoms with Gasteiger partial charge in [-0.1, -0.05) is 82.3 Å². The third-order valence-corrected chi connectivity index (χ3v) is 4.68. The Bertz CT molecular complexity index is 1000. The molecular formula is C30H37BrFNO2. The molecule has 3 aromatic rings. The molecule has 0 N–H and O–H groups in total. The fourth-order valence-corrected chi connectivity index (χ4v) is 2.87. The first-order chi connectivity index (χ1) is 16.9. The summed E-state index contributed by atoms with van der Waals surface area (Å²) in [6.45, 7) is 11.2. The van der Waals surface area contributed by atoms with Gasteiger partial charge in [0, 0.05) is 12.4 Å². The normalized spacial score (nSPS) is 10.5. The van der Waals surface area contributed by atoms with Crippen LogP contribution in [0.2, 0.25) is 0 Å². The van der Waals surface area contributed by atoms with Gasteiger partial charge < -0.3 is 9.47 Å². The van der Waals surface area contributed by atoms with Crippen LogP contribution >= 0.6 is 15.9 Å². The van der Waals surface area contributed by atoms with E-state index in [0.717, 1.165) is 23.5 Å². The van der Waals surface area contributed by atoms with E-state index < -0.39 is 5.82 Å². The number of hydrogen-bond donors (Lipinski definition) is 0. The van der Waals surface area contributed by atoms with Crippen molar-refractivity contribution in [3.05, 3.63) is 113 Å². The molecule has 3 rings (SSSR count). The molecule has 1 heterocycles. The van der Waals surface area contributed by atoms with Crippen LogP contribution in [-0.2, 0) is 13.2 Å². The first-order valence-corrected chi connectivity index (χ1v) is 12.6. The van der Waals surface area contributed by atoms with E-state index in [2.05, 4.69) is 60.8 Å². The van der Waals surface area contributed by atoms with E-state index in [1.54, 1.807) is 24.5 Å². The lowest BCUT2D eigenvalue weighted by molar-refractivity contribution is 0.261. The SMILES string of the molecule is C/C=C\C=C/CC.CC(C)C.Fc1c(OCc2ccccc2)ccc(Br)c1OCc1ccncc1. The Morgan fingerprint density at radius 2 is 1.49 bits per heavy atom. The van der Waals surface area contributed by atoms with Crippen LogP contribution in [0.1, 0.15) is 52.2 Å². The minimum absolute atomic E-state index is 0.136. The van der Waals surface area contributed by atoms with E-state index in [1.165, 1.54) is 0 Å². The van der Waals surface area contributed by atoms with Crippen LogP contribution < -0.4 is 9.47 Å². The van der Waals surface area contributed by atoms with Crippen molar-refractivity contribution in [3.8, 4) is 11.5 Å². The van der Waals surface area contributed by atoms with Gasteiger partial charge in [-0.25, -0.2) is 0 Å². The van der Waals surface area contributed by atoms with Crippen molar-refractivity contribution in [3.63, 3.8) is 0 Å². The Morgan fingerprint density at radius 3 is 2.09 bits per heavy atom. The predicted octanol–water partition coefficient (Wildman–Crippen LogP) is 9.33. The number of hydrogen-bond acceptors (Lipinski definition) is 3. The van der Waals surface area contributed by atoms with E-state index in [0.29, 0.717) is 11.1 Å². The van der Waals surface area contributed by atoms with Crippen molar-refractivity contribution in [1.29, 1.82) is 0 Å². The third-order valence-electron chi connectivity index (χ3n) is 4.06. The summed E-state index contributed by atoms with van der Waals surface area (Å²) in [5, 5.41) is 0. The van der Waals surface area contributed by atoms with E-state index in [1.807, 2.05) is 61.5 Å². The number of pyridine rings is 1. The topological polar surface area (TPSA) is 31.4 Å². The summed E-state index contributed by atoms with van der Waals surface area (Å²) < 4.78 is 26.4. The zero-order valence-corrected chi connectivity index (χ0v) is 23.0. The monoisotopic (exact) mass is 541 g/mol. The Balaban J connectivity index is 0.000000468. The second-order valence-electron chi connectivity index (χ2n) is 8.20. The predicted molar refractivity (Wildman–Crippen MR) is 148 cm³/mol. The number of benzene rings is 2. The number of rotatable bonds is 8. The maximum atomic E-state index is 14.6. The summed E-state index contributed by atoms with van der Waals surface area (Å²) >= 11 is 3.32.